The second-order valence-electron chi connectivity index (χ2n) is 8.21. The Labute approximate surface area is 236 Å². The van der Waals surface area contributed by atoms with E-state index in [-0.39, 0.29) is 19.1 Å². The van der Waals surface area contributed by atoms with E-state index in [2.05, 4.69) is 63.1 Å². The number of carbonyl (C=O) groups is 4. The van der Waals surface area contributed by atoms with E-state index in [1.54, 1.807) is 30.3 Å². The van der Waals surface area contributed by atoms with Crippen molar-refractivity contribution in [1.82, 2.24) is 25.9 Å². The van der Waals surface area contributed by atoms with Crippen LogP contribution in [0.3, 0.4) is 0 Å². The molecule has 0 saturated carbocycles. The lowest BCUT2D eigenvalue weighted by Gasteiger charge is -2.14. The Balaban J connectivity index is 1.45. The van der Waals surface area contributed by atoms with Gasteiger partial charge in [0.2, 0.25) is 18.2 Å². The van der Waals surface area contributed by atoms with E-state index < -0.39 is 17.7 Å². The van der Waals surface area contributed by atoms with E-state index in [9.17, 15) is 19.2 Å². The molecule has 13 heteroatoms. The first-order chi connectivity index (χ1) is 18.4. The maximum Gasteiger partial charge on any atom is 0.251 e. The highest BCUT2D eigenvalue weighted by molar-refractivity contribution is 9.09. The first-order valence-corrected chi connectivity index (χ1v) is 13.9. The number of nitrogens with two attached hydrogens (primary N) is 1. The Morgan fingerprint density at radius 3 is 2.18 bits per heavy atom. The number of benzene rings is 2. The Kier molecular flexibility index (Phi) is 11.1. The zero-order chi connectivity index (χ0) is 27.5. The summed E-state index contributed by atoms with van der Waals surface area (Å²) in [6, 6.07) is 11.8. The third kappa shape index (κ3) is 8.30. The van der Waals surface area contributed by atoms with Gasteiger partial charge in [-0.25, -0.2) is 9.97 Å². The number of nitrogens with zero attached hydrogens (tertiary/aromatic N) is 2. The Morgan fingerprint density at radius 2 is 1.55 bits per heavy atom. The fraction of sp³-hybridized carbons (Fsp3) is 0.280. The molecule has 2 aromatic carbocycles. The molecular formula is C25H27Br2N7O4. The fourth-order valence-electron chi connectivity index (χ4n) is 3.51. The summed E-state index contributed by atoms with van der Waals surface area (Å²) >= 11 is 6.79. The Morgan fingerprint density at radius 1 is 0.895 bits per heavy atom. The van der Waals surface area contributed by atoms with E-state index in [0.717, 1.165) is 17.0 Å². The molecule has 11 nitrogen and oxygen atoms in total. The molecule has 1 unspecified atom stereocenters. The smallest absolute Gasteiger partial charge is 0.251 e. The zero-order valence-corrected chi connectivity index (χ0v) is 23.5. The highest BCUT2D eigenvalue weighted by Crippen LogP contribution is 2.19. The second kappa shape index (κ2) is 14.5. The summed E-state index contributed by atoms with van der Waals surface area (Å²) in [5, 5.41) is 11.4. The molecule has 0 bridgehead atoms. The van der Waals surface area contributed by atoms with Crippen LogP contribution in [0.4, 0.5) is 5.69 Å². The molecule has 0 aliphatic carbocycles. The number of anilines is 1. The zero-order valence-electron chi connectivity index (χ0n) is 20.3. The molecular weight excluding hydrogens is 622 g/mol. The van der Waals surface area contributed by atoms with Gasteiger partial charge in [-0.15, -0.1) is 0 Å². The van der Waals surface area contributed by atoms with Gasteiger partial charge in [-0.1, -0.05) is 44.0 Å². The minimum atomic E-state index is -0.511. The highest BCUT2D eigenvalue weighted by atomic mass is 79.9. The van der Waals surface area contributed by atoms with Gasteiger partial charge in [-0.2, -0.15) is 0 Å². The number of alkyl halides is 2. The summed E-state index contributed by atoms with van der Waals surface area (Å²) in [6.45, 7) is -0.243. The van der Waals surface area contributed by atoms with Crippen LogP contribution in [0.2, 0.25) is 0 Å². The first-order valence-electron chi connectivity index (χ1n) is 11.6. The lowest BCUT2D eigenvalue weighted by Crippen LogP contribution is -2.40. The topological polar surface area (TPSA) is 168 Å². The van der Waals surface area contributed by atoms with Gasteiger partial charge in [0, 0.05) is 34.5 Å². The molecule has 0 saturated heterocycles. The van der Waals surface area contributed by atoms with Crippen molar-refractivity contribution in [3.8, 4) is 0 Å². The van der Waals surface area contributed by atoms with Crippen molar-refractivity contribution in [2.45, 2.75) is 23.1 Å². The van der Waals surface area contributed by atoms with Crippen molar-refractivity contribution in [3.63, 3.8) is 0 Å². The molecule has 1 atom stereocenters. The average Bonchev–Trinajstić information content (AvgIpc) is 2.94. The standard InChI is InChI=1S/C25H27Br2N7O4/c26-9-21-22(10-27)34-20-8-16(3-6-19(20)33-21)25(38)30-12-23(36)29-13-24(37)32-17-4-1-15(2-5-17)7-18(11-28)31-14-35/h1-6,8,14,18H,7,9-13,28H2,(H,29,36)(H,30,38)(H,31,35)(H,32,37). The monoisotopic (exact) mass is 647 g/mol. The van der Waals surface area contributed by atoms with Gasteiger partial charge in [0.05, 0.1) is 35.5 Å². The molecule has 0 aliphatic heterocycles. The summed E-state index contributed by atoms with van der Waals surface area (Å²) in [4.78, 5) is 56.6. The number of carbonyl (C=O) groups excluding carboxylic acids is 4. The number of nitrogens with one attached hydrogen (secondary N) is 4. The molecule has 38 heavy (non-hydrogen) atoms. The van der Waals surface area contributed by atoms with Crippen LogP contribution in [-0.4, -0.2) is 59.8 Å². The van der Waals surface area contributed by atoms with Crippen LogP contribution in [0, 0.1) is 0 Å². The number of halogens is 2. The van der Waals surface area contributed by atoms with Crippen LogP contribution < -0.4 is 27.0 Å². The van der Waals surface area contributed by atoms with Crippen molar-refractivity contribution < 1.29 is 19.2 Å². The van der Waals surface area contributed by atoms with Crippen molar-refractivity contribution in [2.75, 3.05) is 25.0 Å². The number of fused-ring (bicyclic) bond motifs is 1. The number of aromatic nitrogens is 2. The summed E-state index contributed by atoms with van der Waals surface area (Å²) in [5.41, 5.74) is 10.3. The van der Waals surface area contributed by atoms with Crippen molar-refractivity contribution >= 4 is 72.7 Å². The Bertz CT molecular complexity index is 1300. The quantitative estimate of drug-likeness (QED) is 0.138. The van der Waals surface area contributed by atoms with Crippen LogP contribution in [0.5, 0.6) is 0 Å². The van der Waals surface area contributed by atoms with Crippen molar-refractivity contribution in [3.05, 3.63) is 65.0 Å². The van der Waals surface area contributed by atoms with Gasteiger partial charge < -0.3 is 27.0 Å². The number of hydrogen-bond donors (Lipinski definition) is 5. The van der Waals surface area contributed by atoms with Gasteiger partial charge in [0.15, 0.2) is 0 Å². The molecule has 200 valence electrons. The lowest BCUT2D eigenvalue weighted by molar-refractivity contribution is -0.123. The first kappa shape index (κ1) is 29.1. The average molecular weight is 649 g/mol. The molecule has 0 radical (unpaired) electrons. The highest BCUT2D eigenvalue weighted by Gasteiger charge is 2.13. The third-order valence-electron chi connectivity index (χ3n) is 5.50. The second-order valence-corrected chi connectivity index (χ2v) is 9.33. The Hall–Kier alpha value is -3.42. The van der Waals surface area contributed by atoms with Crippen LogP contribution in [0.15, 0.2) is 42.5 Å². The molecule has 4 amide bonds. The lowest BCUT2D eigenvalue weighted by atomic mass is 10.1. The van der Waals surface area contributed by atoms with Crippen LogP contribution in [0.25, 0.3) is 11.0 Å². The maximum absolute atomic E-state index is 12.5. The molecule has 0 aliphatic rings. The van der Waals surface area contributed by atoms with E-state index in [0.29, 0.717) is 52.3 Å². The van der Waals surface area contributed by atoms with E-state index in [1.165, 1.54) is 0 Å². The van der Waals surface area contributed by atoms with Crippen molar-refractivity contribution in [2.24, 2.45) is 5.73 Å². The van der Waals surface area contributed by atoms with Gasteiger partial charge in [0.25, 0.3) is 5.91 Å². The normalized spacial score (nSPS) is 11.4. The minimum Gasteiger partial charge on any atom is -0.354 e. The summed E-state index contributed by atoms with van der Waals surface area (Å²) in [6.07, 6.45) is 1.18. The van der Waals surface area contributed by atoms with Gasteiger partial charge in [-0.05, 0) is 42.3 Å². The fourth-order valence-corrected chi connectivity index (χ4v) is 4.41. The van der Waals surface area contributed by atoms with E-state index >= 15 is 0 Å². The molecule has 1 aromatic heterocycles. The van der Waals surface area contributed by atoms with Gasteiger partial charge in [0.1, 0.15) is 0 Å². The largest absolute Gasteiger partial charge is 0.354 e. The molecule has 0 fully saturated rings. The van der Waals surface area contributed by atoms with Gasteiger partial charge in [-0.3, -0.25) is 19.2 Å². The molecule has 3 rings (SSSR count). The summed E-state index contributed by atoms with van der Waals surface area (Å²) < 4.78 is 0. The maximum atomic E-state index is 12.5. The predicted molar refractivity (Wildman–Crippen MR) is 151 cm³/mol. The number of rotatable bonds is 13. The van der Waals surface area contributed by atoms with Crippen LogP contribution >= 0.6 is 31.9 Å². The summed E-state index contributed by atoms with van der Waals surface area (Å²) in [7, 11) is 0. The van der Waals surface area contributed by atoms with Gasteiger partial charge >= 0.3 is 0 Å². The number of hydrogen-bond acceptors (Lipinski definition) is 7. The molecule has 0 spiro atoms. The van der Waals surface area contributed by atoms with Crippen LogP contribution in [0.1, 0.15) is 27.3 Å². The van der Waals surface area contributed by atoms with E-state index in [1.807, 2.05) is 12.1 Å². The molecule has 1 heterocycles. The number of amides is 4. The SMILES string of the molecule is NCC(Cc1ccc(NC(=O)CNC(=O)CNC(=O)c2ccc3nc(CBr)c(CBr)nc3c2)cc1)NC=O. The van der Waals surface area contributed by atoms with Crippen LogP contribution in [-0.2, 0) is 31.5 Å². The van der Waals surface area contributed by atoms with Crippen molar-refractivity contribution in [1.29, 1.82) is 0 Å². The third-order valence-corrected chi connectivity index (χ3v) is 6.56. The summed E-state index contributed by atoms with van der Waals surface area (Å²) in [5.74, 6) is -1.37. The predicted octanol–water partition coefficient (Wildman–Crippen LogP) is 1.52. The van der Waals surface area contributed by atoms with E-state index in [4.69, 9.17) is 5.73 Å². The molecule has 3 aromatic rings. The minimum absolute atomic E-state index is 0.169. The molecule has 6 N–H and O–H groups in total.